The molecule has 0 bridgehead atoms. The molecule has 1 aliphatic carbocycles. The molecule has 2 heteroatoms. The Morgan fingerprint density at radius 1 is 1.12 bits per heavy atom. The molecular weight excluding hydrogens is 210 g/mol. The summed E-state index contributed by atoms with van der Waals surface area (Å²) in [7, 11) is 0. The van der Waals surface area contributed by atoms with Crippen LogP contribution in [0.1, 0.15) is 37.7 Å². The summed E-state index contributed by atoms with van der Waals surface area (Å²) >= 11 is 0. The van der Waals surface area contributed by atoms with E-state index in [1.165, 1.54) is 37.7 Å². The molecule has 17 heavy (non-hydrogen) atoms. The van der Waals surface area contributed by atoms with Gasteiger partial charge in [0.2, 0.25) is 0 Å². The van der Waals surface area contributed by atoms with Crippen molar-refractivity contribution in [2.45, 2.75) is 39.0 Å². The van der Waals surface area contributed by atoms with Crippen LogP contribution in [0.4, 0.5) is 0 Å². The minimum Gasteiger partial charge on any atom is -0.493 e. The molecule has 94 valence electrons. The summed E-state index contributed by atoms with van der Waals surface area (Å²) in [5.41, 5.74) is 7.44. The standard InChI is InChI=1S/C15H23NO/c1-13-5-7-14(8-6-13)17-12-15(11-16)9-3-2-4-10-15/h5-8H,2-4,9-12,16H2,1H3. The topological polar surface area (TPSA) is 35.2 Å². The molecule has 1 saturated carbocycles. The lowest BCUT2D eigenvalue weighted by Crippen LogP contribution is -2.38. The maximum atomic E-state index is 5.95. The third kappa shape index (κ3) is 3.22. The molecule has 2 nitrogen and oxygen atoms in total. The van der Waals surface area contributed by atoms with Crippen molar-refractivity contribution in [3.63, 3.8) is 0 Å². The predicted octanol–water partition coefficient (Wildman–Crippen LogP) is 3.28. The number of rotatable bonds is 4. The van der Waals surface area contributed by atoms with E-state index in [1.807, 2.05) is 12.1 Å². The van der Waals surface area contributed by atoms with E-state index in [2.05, 4.69) is 19.1 Å². The van der Waals surface area contributed by atoms with Crippen molar-refractivity contribution in [3.05, 3.63) is 29.8 Å². The van der Waals surface area contributed by atoms with E-state index in [0.29, 0.717) is 0 Å². The maximum absolute atomic E-state index is 5.95. The first kappa shape index (κ1) is 12.4. The lowest BCUT2D eigenvalue weighted by Gasteiger charge is -2.35. The van der Waals surface area contributed by atoms with Gasteiger partial charge in [-0.1, -0.05) is 37.0 Å². The zero-order chi connectivity index (χ0) is 12.1. The van der Waals surface area contributed by atoms with Crippen LogP contribution in [-0.4, -0.2) is 13.2 Å². The van der Waals surface area contributed by atoms with Gasteiger partial charge in [0.1, 0.15) is 5.75 Å². The van der Waals surface area contributed by atoms with Gasteiger partial charge in [0.05, 0.1) is 6.61 Å². The third-order valence-corrected chi connectivity index (χ3v) is 3.91. The predicted molar refractivity (Wildman–Crippen MR) is 71.2 cm³/mol. The normalized spacial score (nSPS) is 18.9. The van der Waals surface area contributed by atoms with Gasteiger partial charge in [-0.05, 0) is 31.9 Å². The molecule has 1 fully saturated rings. The highest BCUT2D eigenvalue weighted by Crippen LogP contribution is 2.35. The van der Waals surface area contributed by atoms with E-state index >= 15 is 0 Å². The highest BCUT2D eigenvalue weighted by molar-refractivity contribution is 5.26. The summed E-state index contributed by atoms with van der Waals surface area (Å²) in [6.45, 7) is 3.61. The van der Waals surface area contributed by atoms with Crippen LogP contribution in [0, 0.1) is 12.3 Å². The summed E-state index contributed by atoms with van der Waals surface area (Å²) in [5.74, 6) is 0.967. The fourth-order valence-corrected chi connectivity index (χ4v) is 2.58. The molecule has 0 spiro atoms. The Bertz CT molecular complexity index is 338. The van der Waals surface area contributed by atoms with Gasteiger partial charge in [-0.15, -0.1) is 0 Å². The Morgan fingerprint density at radius 3 is 2.35 bits per heavy atom. The summed E-state index contributed by atoms with van der Waals surface area (Å²) in [4.78, 5) is 0. The second kappa shape index (κ2) is 5.54. The van der Waals surface area contributed by atoms with Crippen molar-refractivity contribution < 1.29 is 4.74 Å². The SMILES string of the molecule is Cc1ccc(OCC2(CN)CCCCC2)cc1. The fourth-order valence-electron chi connectivity index (χ4n) is 2.58. The largest absolute Gasteiger partial charge is 0.493 e. The lowest BCUT2D eigenvalue weighted by molar-refractivity contribution is 0.105. The number of nitrogens with two attached hydrogens (primary N) is 1. The average molecular weight is 233 g/mol. The van der Waals surface area contributed by atoms with E-state index in [-0.39, 0.29) is 5.41 Å². The van der Waals surface area contributed by atoms with Gasteiger partial charge >= 0.3 is 0 Å². The molecule has 0 heterocycles. The quantitative estimate of drug-likeness (QED) is 0.866. The number of hydrogen-bond donors (Lipinski definition) is 1. The first-order chi connectivity index (χ1) is 8.24. The van der Waals surface area contributed by atoms with Crippen LogP contribution in [-0.2, 0) is 0 Å². The Kier molecular flexibility index (Phi) is 4.06. The molecular formula is C15H23NO. The van der Waals surface area contributed by atoms with Gasteiger partial charge in [0, 0.05) is 12.0 Å². The van der Waals surface area contributed by atoms with Crippen molar-refractivity contribution in [1.29, 1.82) is 0 Å². The number of ether oxygens (including phenoxy) is 1. The first-order valence-electron chi connectivity index (χ1n) is 6.64. The Morgan fingerprint density at radius 2 is 1.76 bits per heavy atom. The Hall–Kier alpha value is -1.02. The van der Waals surface area contributed by atoms with Crippen LogP contribution in [0.3, 0.4) is 0 Å². The number of hydrogen-bond acceptors (Lipinski definition) is 2. The maximum Gasteiger partial charge on any atom is 0.119 e. The van der Waals surface area contributed by atoms with Gasteiger partial charge in [-0.2, -0.15) is 0 Å². The molecule has 2 N–H and O–H groups in total. The first-order valence-corrected chi connectivity index (χ1v) is 6.64. The Labute approximate surface area is 104 Å². The van der Waals surface area contributed by atoms with Crippen molar-refractivity contribution in [1.82, 2.24) is 0 Å². The zero-order valence-electron chi connectivity index (χ0n) is 10.7. The average Bonchev–Trinajstić information content (AvgIpc) is 2.39. The molecule has 0 unspecified atom stereocenters. The lowest BCUT2D eigenvalue weighted by atomic mass is 9.75. The smallest absolute Gasteiger partial charge is 0.119 e. The van der Waals surface area contributed by atoms with E-state index in [0.717, 1.165) is 18.9 Å². The van der Waals surface area contributed by atoms with Gasteiger partial charge in [-0.3, -0.25) is 0 Å². The van der Waals surface area contributed by atoms with Gasteiger partial charge < -0.3 is 10.5 Å². The van der Waals surface area contributed by atoms with Crippen molar-refractivity contribution >= 4 is 0 Å². The van der Waals surface area contributed by atoms with Gasteiger partial charge in [0.15, 0.2) is 0 Å². The third-order valence-electron chi connectivity index (χ3n) is 3.91. The minimum absolute atomic E-state index is 0.225. The number of benzene rings is 1. The van der Waals surface area contributed by atoms with Crippen LogP contribution in [0.2, 0.25) is 0 Å². The van der Waals surface area contributed by atoms with Crippen molar-refractivity contribution in [2.24, 2.45) is 11.1 Å². The van der Waals surface area contributed by atoms with Crippen LogP contribution in [0.25, 0.3) is 0 Å². The van der Waals surface area contributed by atoms with E-state index in [9.17, 15) is 0 Å². The minimum atomic E-state index is 0.225. The van der Waals surface area contributed by atoms with Crippen molar-refractivity contribution in [2.75, 3.05) is 13.2 Å². The second-order valence-electron chi connectivity index (χ2n) is 5.37. The fraction of sp³-hybridized carbons (Fsp3) is 0.600. The molecule has 1 aromatic rings. The van der Waals surface area contributed by atoms with Crippen molar-refractivity contribution in [3.8, 4) is 5.75 Å². The van der Waals surface area contributed by atoms with Crippen LogP contribution < -0.4 is 10.5 Å². The second-order valence-corrected chi connectivity index (χ2v) is 5.37. The van der Waals surface area contributed by atoms with Crippen LogP contribution in [0.5, 0.6) is 5.75 Å². The molecule has 1 aromatic carbocycles. The van der Waals surface area contributed by atoms with E-state index < -0.39 is 0 Å². The highest BCUT2D eigenvalue weighted by Gasteiger charge is 2.31. The molecule has 0 aromatic heterocycles. The molecule has 2 rings (SSSR count). The van der Waals surface area contributed by atoms with Gasteiger partial charge in [0.25, 0.3) is 0 Å². The molecule has 0 atom stereocenters. The van der Waals surface area contributed by atoms with Crippen LogP contribution >= 0.6 is 0 Å². The number of aryl methyl sites for hydroxylation is 1. The van der Waals surface area contributed by atoms with E-state index in [4.69, 9.17) is 10.5 Å². The van der Waals surface area contributed by atoms with E-state index in [1.54, 1.807) is 0 Å². The van der Waals surface area contributed by atoms with Gasteiger partial charge in [-0.25, -0.2) is 0 Å². The summed E-state index contributed by atoms with van der Waals surface area (Å²) < 4.78 is 5.91. The highest BCUT2D eigenvalue weighted by atomic mass is 16.5. The summed E-state index contributed by atoms with van der Waals surface area (Å²) in [5, 5.41) is 0. The summed E-state index contributed by atoms with van der Waals surface area (Å²) in [6.07, 6.45) is 6.39. The molecule has 1 aliphatic rings. The molecule has 0 radical (unpaired) electrons. The van der Waals surface area contributed by atoms with Crippen LogP contribution in [0.15, 0.2) is 24.3 Å². The molecule has 0 amide bonds. The molecule has 0 saturated heterocycles. The monoisotopic (exact) mass is 233 g/mol. The summed E-state index contributed by atoms with van der Waals surface area (Å²) in [6, 6.07) is 8.27. The Balaban J connectivity index is 1.93. The zero-order valence-corrected chi connectivity index (χ0v) is 10.7. The molecule has 0 aliphatic heterocycles.